The Morgan fingerprint density at radius 2 is 1.34 bits per heavy atom. The summed E-state index contributed by atoms with van der Waals surface area (Å²) in [5.74, 6) is 0.646. The largest absolute Gasteiger partial charge is 0.497 e. The molecule has 1 saturated heterocycles. The van der Waals surface area contributed by atoms with Gasteiger partial charge in [0.1, 0.15) is 11.6 Å². The zero-order valence-corrected chi connectivity index (χ0v) is 17.1. The van der Waals surface area contributed by atoms with E-state index in [0.29, 0.717) is 0 Å². The fraction of sp³-hybridized carbons (Fsp3) is 0.250. The Morgan fingerprint density at radius 1 is 0.828 bits per heavy atom. The lowest BCUT2D eigenvalue weighted by Crippen LogP contribution is -2.30. The highest BCUT2D eigenvalue weighted by atomic mass is 35.5. The van der Waals surface area contributed by atoms with Crippen LogP contribution >= 0.6 is 11.6 Å². The van der Waals surface area contributed by atoms with Crippen LogP contribution in [0.4, 0.5) is 4.39 Å². The van der Waals surface area contributed by atoms with Crippen LogP contribution in [-0.4, -0.2) is 30.0 Å². The number of rotatable bonds is 6. The number of hydrogen-bond donors (Lipinski definition) is 0. The molecule has 0 radical (unpaired) electrons. The Balaban J connectivity index is 1.59. The third kappa shape index (κ3) is 4.78. The van der Waals surface area contributed by atoms with Crippen LogP contribution in [0.15, 0.2) is 72.8 Å². The molecule has 3 nitrogen and oxygen atoms in total. The van der Waals surface area contributed by atoms with Crippen LogP contribution < -0.4 is 4.74 Å². The zero-order chi connectivity index (χ0) is 20.2. The second kappa shape index (κ2) is 8.95. The summed E-state index contributed by atoms with van der Waals surface area (Å²) in [6.45, 7) is 3.52. The maximum atomic E-state index is 13.3. The van der Waals surface area contributed by atoms with Gasteiger partial charge in [0.2, 0.25) is 0 Å². The average molecular weight is 411 g/mol. The molecule has 0 bridgehead atoms. The van der Waals surface area contributed by atoms with Gasteiger partial charge in [-0.1, -0.05) is 48.0 Å². The van der Waals surface area contributed by atoms with Crippen molar-refractivity contribution in [3.8, 4) is 5.75 Å². The van der Waals surface area contributed by atoms with Crippen LogP contribution in [0.25, 0.3) is 0 Å². The van der Waals surface area contributed by atoms with Gasteiger partial charge in [-0.15, -0.1) is 0 Å². The molecule has 4 rings (SSSR count). The molecule has 0 aromatic heterocycles. The normalized spacial score (nSPS) is 17.6. The number of halogens is 2. The molecule has 0 spiro atoms. The summed E-state index contributed by atoms with van der Waals surface area (Å²) in [5, 5.41) is 0.750. The lowest BCUT2D eigenvalue weighted by molar-refractivity contribution is 0.126. The molecule has 0 amide bonds. The molecule has 0 saturated carbocycles. The smallest absolute Gasteiger partial charge is 0.123 e. The molecule has 1 unspecified atom stereocenters. The standard InChI is InChI=1S/C24H24ClFN2O/c1-29-23-12-6-20(7-13-23)24-27(16-18-2-8-21(25)9-3-18)14-15-28(24)17-19-4-10-22(26)11-5-19/h2-13,24H,14-17H2,1H3. The first-order chi connectivity index (χ1) is 14.1. The van der Waals surface area contributed by atoms with E-state index in [0.717, 1.165) is 42.5 Å². The van der Waals surface area contributed by atoms with E-state index in [1.165, 1.54) is 23.3 Å². The van der Waals surface area contributed by atoms with Gasteiger partial charge in [-0.2, -0.15) is 0 Å². The highest BCUT2D eigenvalue weighted by Gasteiger charge is 2.33. The van der Waals surface area contributed by atoms with E-state index < -0.39 is 0 Å². The van der Waals surface area contributed by atoms with Gasteiger partial charge in [-0.3, -0.25) is 9.80 Å². The van der Waals surface area contributed by atoms with Gasteiger partial charge in [0, 0.05) is 31.2 Å². The summed E-state index contributed by atoms with van der Waals surface area (Å²) in [6, 6.07) is 23.1. The van der Waals surface area contributed by atoms with Crippen molar-refractivity contribution in [3.05, 3.63) is 100 Å². The number of methoxy groups -OCH3 is 1. The topological polar surface area (TPSA) is 15.7 Å². The van der Waals surface area contributed by atoms with E-state index in [4.69, 9.17) is 16.3 Å². The van der Waals surface area contributed by atoms with Gasteiger partial charge in [0.15, 0.2) is 0 Å². The average Bonchev–Trinajstić information content (AvgIpc) is 3.13. The summed E-state index contributed by atoms with van der Waals surface area (Å²) >= 11 is 6.05. The Hall–Kier alpha value is -2.40. The minimum Gasteiger partial charge on any atom is -0.497 e. The van der Waals surface area contributed by atoms with E-state index in [-0.39, 0.29) is 12.0 Å². The number of hydrogen-bond acceptors (Lipinski definition) is 3. The molecule has 1 aliphatic heterocycles. The van der Waals surface area contributed by atoms with Crippen LogP contribution in [-0.2, 0) is 13.1 Å². The van der Waals surface area contributed by atoms with Crippen molar-refractivity contribution in [2.45, 2.75) is 19.3 Å². The van der Waals surface area contributed by atoms with Crippen LogP contribution in [0.2, 0.25) is 5.02 Å². The van der Waals surface area contributed by atoms with Crippen molar-refractivity contribution >= 4 is 11.6 Å². The SMILES string of the molecule is COc1ccc(C2N(Cc3ccc(F)cc3)CCN2Cc2ccc(Cl)cc2)cc1. The first kappa shape index (κ1) is 19.9. The quantitative estimate of drug-likeness (QED) is 0.533. The number of nitrogens with zero attached hydrogens (tertiary/aromatic N) is 2. The molecule has 29 heavy (non-hydrogen) atoms. The minimum absolute atomic E-state index is 0.140. The van der Waals surface area contributed by atoms with E-state index >= 15 is 0 Å². The van der Waals surface area contributed by atoms with Crippen molar-refractivity contribution in [2.75, 3.05) is 20.2 Å². The van der Waals surface area contributed by atoms with Crippen LogP contribution in [0, 0.1) is 5.82 Å². The van der Waals surface area contributed by atoms with Crippen molar-refractivity contribution in [3.63, 3.8) is 0 Å². The van der Waals surface area contributed by atoms with Gasteiger partial charge in [-0.25, -0.2) is 4.39 Å². The van der Waals surface area contributed by atoms with Crippen molar-refractivity contribution in [1.29, 1.82) is 0 Å². The van der Waals surface area contributed by atoms with Crippen molar-refractivity contribution in [1.82, 2.24) is 9.80 Å². The van der Waals surface area contributed by atoms with Gasteiger partial charge >= 0.3 is 0 Å². The van der Waals surface area contributed by atoms with E-state index in [1.807, 2.05) is 36.4 Å². The molecule has 1 aliphatic rings. The fourth-order valence-electron chi connectivity index (χ4n) is 3.91. The van der Waals surface area contributed by atoms with Gasteiger partial charge < -0.3 is 4.74 Å². The summed E-state index contributed by atoms with van der Waals surface area (Å²) in [4.78, 5) is 4.90. The van der Waals surface area contributed by atoms with Crippen LogP contribution in [0.5, 0.6) is 5.75 Å². The molecule has 1 heterocycles. The third-order valence-electron chi connectivity index (χ3n) is 5.38. The van der Waals surface area contributed by atoms with Gasteiger partial charge in [0.05, 0.1) is 13.3 Å². The first-order valence-electron chi connectivity index (χ1n) is 9.73. The Morgan fingerprint density at radius 3 is 1.86 bits per heavy atom. The second-order valence-electron chi connectivity index (χ2n) is 7.34. The zero-order valence-electron chi connectivity index (χ0n) is 16.4. The Labute approximate surface area is 176 Å². The van der Waals surface area contributed by atoms with Crippen molar-refractivity contribution in [2.24, 2.45) is 0 Å². The molecule has 1 fully saturated rings. The van der Waals surface area contributed by atoms with Gasteiger partial charge in [0.25, 0.3) is 0 Å². The van der Waals surface area contributed by atoms with Crippen molar-refractivity contribution < 1.29 is 9.13 Å². The summed E-state index contributed by atoms with van der Waals surface area (Å²) in [5.41, 5.74) is 3.56. The predicted octanol–water partition coefficient (Wildman–Crippen LogP) is 5.50. The van der Waals surface area contributed by atoms with Crippen LogP contribution in [0.3, 0.4) is 0 Å². The second-order valence-corrected chi connectivity index (χ2v) is 7.78. The number of ether oxygens (including phenoxy) is 1. The lowest BCUT2D eigenvalue weighted by Gasteiger charge is -2.31. The summed E-state index contributed by atoms with van der Waals surface area (Å²) in [6.07, 6.45) is 0.140. The third-order valence-corrected chi connectivity index (χ3v) is 5.63. The van der Waals surface area contributed by atoms with E-state index in [1.54, 1.807) is 7.11 Å². The van der Waals surface area contributed by atoms with Gasteiger partial charge in [-0.05, 0) is 53.1 Å². The summed E-state index contributed by atoms with van der Waals surface area (Å²) in [7, 11) is 1.68. The maximum absolute atomic E-state index is 13.3. The molecule has 3 aromatic carbocycles. The molecule has 1 atom stereocenters. The minimum atomic E-state index is -0.203. The predicted molar refractivity (Wildman–Crippen MR) is 114 cm³/mol. The van der Waals surface area contributed by atoms with E-state index in [9.17, 15) is 4.39 Å². The molecule has 5 heteroatoms. The highest BCUT2D eigenvalue weighted by molar-refractivity contribution is 6.30. The molecular weight excluding hydrogens is 387 g/mol. The summed E-state index contributed by atoms with van der Waals surface area (Å²) < 4.78 is 18.6. The van der Waals surface area contributed by atoms with Crippen LogP contribution in [0.1, 0.15) is 22.9 Å². The molecule has 3 aromatic rings. The highest BCUT2D eigenvalue weighted by Crippen LogP contribution is 2.33. The monoisotopic (exact) mass is 410 g/mol. The molecule has 150 valence electrons. The Kier molecular flexibility index (Phi) is 6.14. The molecular formula is C24H24ClFN2O. The fourth-order valence-corrected chi connectivity index (χ4v) is 4.04. The molecule has 0 N–H and O–H groups in total. The maximum Gasteiger partial charge on any atom is 0.123 e. The lowest BCUT2D eigenvalue weighted by atomic mass is 10.1. The first-order valence-corrected chi connectivity index (χ1v) is 10.1. The van der Waals surface area contributed by atoms with E-state index in [2.05, 4.69) is 34.1 Å². The molecule has 0 aliphatic carbocycles. The number of benzene rings is 3. The Bertz CT molecular complexity index is 873.